The summed E-state index contributed by atoms with van der Waals surface area (Å²) in [6.45, 7) is 0. The van der Waals surface area contributed by atoms with Crippen LogP contribution in [0.2, 0.25) is 5.15 Å². The summed E-state index contributed by atoms with van der Waals surface area (Å²) >= 11 is 11.1. The lowest BCUT2D eigenvalue weighted by atomic mass is 10.2. The van der Waals surface area contributed by atoms with Crippen molar-refractivity contribution < 1.29 is 5.11 Å². The van der Waals surface area contributed by atoms with E-state index in [0.717, 1.165) is 9.35 Å². The Labute approximate surface area is 120 Å². The van der Waals surface area contributed by atoms with Gasteiger partial charge in [-0.15, -0.1) is 11.3 Å². The molecular formula is C12H6BrClN2OS. The molecule has 0 spiro atoms. The molecule has 90 valence electrons. The number of thiophene rings is 1. The third-order valence-electron chi connectivity index (χ3n) is 2.46. The molecule has 0 aliphatic rings. The Morgan fingerprint density at radius 2 is 2.06 bits per heavy atom. The smallest absolute Gasteiger partial charge is 0.162 e. The third-order valence-corrected chi connectivity index (χ3v) is 4.25. The van der Waals surface area contributed by atoms with Crippen molar-refractivity contribution >= 4 is 49.8 Å². The van der Waals surface area contributed by atoms with E-state index in [2.05, 4.69) is 25.9 Å². The number of aromatic nitrogens is 2. The maximum Gasteiger partial charge on any atom is 0.162 e. The standard InChI is InChI=1S/C12H6BrClN2OS/c13-10-3-6(5-18-10)12-15-9-2-1-7(17)4-8(9)11(14)16-12/h1-5,17H. The van der Waals surface area contributed by atoms with Crippen molar-refractivity contribution in [3.8, 4) is 17.1 Å². The zero-order valence-electron chi connectivity index (χ0n) is 8.89. The van der Waals surface area contributed by atoms with Gasteiger partial charge in [0.1, 0.15) is 10.9 Å². The normalized spacial score (nSPS) is 11.0. The van der Waals surface area contributed by atoms with Crippen LogP contribution in [0.25, 0.3) is 22.3 Å². The number of nitrogens with zero attached hydrogens (tertiary/aromatic N) is 2. The van der Waals surface area contributed by atoms with Crippen molar-refractivity contribution in [1.82, 2.24) is 9.97 Å². The molecule has 18 heavy (non-hydrogen) atoms. The van der Waals surface area contributed by atoms with Crippen molar-refractivity contribution in [2.75, 3.05) is 0 Å². The van der Waals surface area contributed by atoms with Gasteiger partial charge >= 0.3 is 0 Å². The Morgan fingerprint density at radius 3 is 2.78 bits per heavy atom. The van der Waals surface area contributed by atoms with E-state index >= 15 is 0 Å². The number of fused-ring (bicyclic) bond motifs is 1. The van der Waals surface area contributed by atoms with Crippen molar-refractivity contribution in [3.63, 3.8) is 0 Å². The molecule has 0 saturated carbocycles. The molecule has 0 atom stereocenters. The minimum atomic E-state index is 0.152. The fraction of sp³-hybridized carbons (Fsp3) is 0. The number of rotatable bonds is 1. The quantitative estimate of drug-likeness (QED) is 0.664. The van der Waals surface area contributed by atoms with E-state index in [4.69, 9.17) is 11.6 Å². The van der Waals surface area contributed by atoms with Crippen LogP contribution in [0.15, 0.2) is 33.4 Å². The second-order valence-corrected chi connectivity index (χ2v) is 6.33. The van der Waals surface area contributed by atoms with Crippen molar-refractivity contribution in [2.45, 2.75) is 0 Å². The van der Waals surface area contributed by atoms with Gasteiger partial charge in [-0.3, -0.25) is 0 Å². The van der Waals surface area contributed by atoms with Crippen molar-refractivity contribution in [1.29, 1.82) is 0 Å². The van der Waals surface area contributed by atoms with Gasteiger partial charge in [-0.1, -0.05) is 11.6 Å². The summed E-state index contributed by atoms with van der Waals surface area (Å²) in [4.78, 5) is 8.69. The molecule has 0 bridgehead atoms. The first-order valence-electron chi connectivity index (χ1n) is 5.04. The monoisotopic (exact) mass is 340 g/mol. The minimum Gasteiger partial charge on any atom is -0.508 e. The van der Waals surface area contributed by atoms with E-state index < -0.39 is 0 Å². The lowest BCUT2D eigenvalue weighted by Gasteiger charge is -2.03. The summed E-state index contributed by atoms with van der Waals surface area (Å²) in [6, 6.07) is 6.82. The van der Waals surface area contributed by atoms with Crippen LogP contribution in [-0.4, -0.2) is 15.1 Å². The Balaban J connectivity index is 2.24. The molecule has 6 heteroatoms. The number of hydrogen-bond acceptors (Lipinski definition) is 4. The Bertz CT molecular complexity index is 744. The summed E-state index contributed by atoms with van der Waals surface area (Å²) in [5.74, 6) is 0.735. The van der Waals surface area contributed by atoms with Crippen LogP contribution in [0.5, 0.6) is 5.75 Å². The van der Waals surface area contributed by atoms with Crippen LogP contribution in [0.4, 0.5) is 0 Å². The Hall–Kier alpha value is -1.17. The van der Waals surface area contributed by atoms with E-state index in [9.17, 15) is 5.11 Å². The second-order valence-electron chi connectivity index (χ2n) is 3.68. The molecule has 0 unspecified atom stereocenters. The first-order valence-corrected chi connectivity index (χ1v) is 7.09. The number of hydrogen-bond donors (Lipinski definition) is 1. The van der Waals surface area contributed by atoms with Gasteiger partial charge in [0.25, 0.3) is 0 Å². The van der Waals surface area contributed by atoms with Crippen LogP contribution in [0.3, 0.4) is 0 Å². The van der Waals surface area contributed by atoms with Crippen molar-refractivity contribution in [2.24, 2.45) is 0 Å². The first-order chi connectivity index (χ1) is 8.63. The number of halogens is 2. The van der Waals surface area contributed by atoms with Gasteiger partial charge in [-0.05, 0) is 40.2 Å². The summed E-state index contributed by atoms with van der Waals surface area (Å²) in [7, 11) is 0. The topological polar surface area (TPSA) is 46.0 Å². The molecule has 0 amide bonds. The van der Waals surface area contributed by atoms with Gasteiger partial charge in [0, 0.05) is 16.3 Å². The fourth-order valence-electron chi connectivity index (χ4n) is 1.64. The lowest BCUT2D eigenvalue weighted by molar-refractivity contribution is 0.476. The predicted molar refractivity (Wildman–Crippen MR) is 77.2 cm³/mol. The summed E-state index contributed by atoms with van der Waals surface area (Å²) in [6.07, 6.45) is 0. The lowest BCUT2D eigenvalue weighted by Crippen LogP contribution is -1.90. The van der Waals surface area contributed by atoms with Crippen LogP contribution in [0, 0.1) is 0 Å². The molecule has 1 aromatic carbocycles. The maximum absolute atomic E-state index is 9.43. The van der Waals surface area contributed by atoms with E-state index in [0.29, 0.717) is 21.9 Å². The summed E-state index contributed by atoms with van der Waals surface area (Å²) < 4.78 is 1.02. The van der Waals surface area contributed by atoms with E-state index in [1.807, 2.05) is 11.4 Å². The number of benzene rings is 1. The molecule has 0 saturated heterocycles. The maximum atomic E-state index is 9.43. The largest absolute Gasteiger partial charge is 0.508 e. The zero-order valence-corrected chi connectivity index (χ0v) is 12.1. The molecule has 0 aliphatic heterocycles. The van der Waals surface area contributed by atoms with Crippen LogP contribution >= 0.6 is 38.9 Å². The van der Waals surface area contributed by atoms with Crippen molar-refractivity contribution in [3.05, 3.63) is 38.6 Å². The third kappa shape index (κ3) is 2.09. The molecule has 2 heterocycles. The molecule has 2 aromatic heterocycles. The number of phenolic OH excluding ortho intramolecular Hbond substituents is 1. The Kier molecular flexibility index (Phi) is 2.97. The minimum absolute atomic E-state index is 0.152. The molecule has 3 aromatic rings. The van der Waals surface area contributed by atoms with Gasteiger partial charge in [-0.2, -0.15) is 0 Å². The van der Waals surface area contributed by atoms with E-state index in [1.165, 1.54) is 0 Å². The fourth-order valence-corrected chi connectivity index (χ4v) is 3.00. The van der Waals surface area contributed by atoms with Gasteiger partial charge in [-0.25, -0.2) is 9.97 Å². The highest BCUT2D eigenvalue weighted by molar-refractivity contribution is 9.11. The highest BCUT2D eigenvalue weighted by Crippen LogP contribution is 2.30. The average Bonchev–Trinajstić information content (AvgIpc) is 2.77. The Morgan fingerprint density at radius 1 is 1.22 bits per heavy atom. The van der Waals surface area contributed by atoms with Crippen LogP contribution < -0.4 is 0 Å². The predicted octanol–water partition coefficient (Wildman–Crippen LogP) is 4.48. The molecule has 0 radical (unpaired) electrons. The molecule has 3 nitrogen and oxygen atoms in total. The second kappa shape index (κ2) is 4.50. The number of aromatic hydroxyl groups is 1. The zero-order chi connectivity index (χ0) is 12.7. The average molecular weight is 342 g/mol. The SMILES string of the molecule is Oc1ccc2nc(-c3csc(Br)c3)nc(Cl)c2c1. The van der Waals surface area contributed by atoms with Gasteiger partial charge in [0.15, 0.2) is 5.82 Å². The highest BCUT2D eigenvalue weighted by atomic mass is 79.9. The summed E-state index contributed by atoms with van der Waals surface area (Å²) in [5.41, 5.74) is 1.63. The first kappa shape index (κ1) is 11.9. The molecule has 1 N–H and O–H groups in total. The highest BCUT2D eigenvalue weighted by Gasteiger charge is 2.09. The van der Waals surface area contributed by atoms with Gasteiger partial charge < -0.3 is 5.11 Å². The van der Waals surface area contributed by atoms with E-state index in [-0.39, 0.29) is 5.75 Å². The van der Waals surface area contributed by atoms with Gasteiger partial charge in [0.2, 0.25) is 0 Å². The molecular weight excluding hydrogens is 336 g/mol. The molecule has 0 aliphatic carbocycles. The van der Waals surface area contributed by atoms with E-state index in [1.54, 1.807) is 29.5 Å². The van der Waals surface area contributed by atoms with Crippen LogP contribution in [-0.2, 0) is 0 Å². The van der Waals surface area contributed by atoms with Crippen LogP contribution in [0.1, 0.15) is 0 Å². The number of phenols is 1. The van der Waals surface area contributed by atoms with Gasteiger partial charge in [0.05, 0.1) is 9.30 Å². The molecule has 3 rings (SSSR count). The molecule has 0 fully saturated rings. The summed E-state index contributed by atoms with van der Waals surface area (Å²) in [5, 5.41) is 12.4.